The van der Waals surface area contributed by atoms with Gasteiger partial charge in [0.2, 0.25) is 0 Å². The lowest BCUT2D eigenvalue weighted by molar-refractivity contribution is 0.0520. The zero-order valence-electron chi connectivity index (χ0n) is 10.9. The predicted molar refractivity (Wildman–Crippen MR) is 73.1 cm³/mol. The summed E-state index contributed by atoms with van der Waals surface area (Å²) in [5.74, 6) is 0.398. The van der Waals surface area contributed by atoms with Gasteiger partial charge in [0, 0.05) is 11.4 Å². The second-order valence-corrected chi connectivity index (χ2v) is 5.59. The van der Waals surface area contributed by atoms with Crippen LogP contribution in [0.2, 0.25) is 0 Å². The van der Waals surface area contributed by atoms with Gasteiger partial charge in [-0.3, -0.25) is 0 Å². The number of hydrogen-bond acceptors (Lipinski definition) is 5. The summed E-state index contributed by atoms with van der Waals surface area (Å²) in [6, 6.07) is 0.425. The number of anilines is 1. The molecule has 0 spiro atoms. The third-order valence-electron chi connectivity index (χ3n) is 3.45. The minimum absolute atomic E-state index is 0.338. The molecule has 0 aliphatic heterocycles. The molecular formula is C13H20N2O2S. The third-order valence-corrected chi connectivity index (χ3v) is 4.22. The number of carbonyl (C=O) groups is 1. The zero-order chi connectivity index (χ0) is 13.0. The largest absolute Gasteiger partial charge is 0.461 e. The van der Waals surface area contributed by atoms with Crippen LogP contribution in [0.5, 0.6) is 0 Å². The van der Waals surface area contributed by atoms with Crippen molar-refractivity contribution >= 4 is 22.4 Å². The van der Waals surface area contributed by atoms with E-state index in [2.05, 4.69) is 17.2 Å². The molecule has 1 fully saturated rings. The number of hydrogen-bond donors (Lipinski definition) is 1. The van der Waals surface area contributed by atoms with Crippen LogP contribution in [0.1, 0.15) is 50.0 Å². The van der Waals surface area contributed by atoms with Crippen molar-refractivity contribution in [2.45, 2.75) is 45.6 Å². The Labute approximate surface area is 112 Å². The Bertz CT molecular complexity index is 399. The van der Waals surface area contributed by atoms with E-state index >= 15 is 0 Å². The molecule has 1 aromatic heterocycles. The van der Waals surface area contributed by atoms with Gasteiger partial charge < -0.3 is 10.1 Å². The first kappa shape index (κ1) is 13.3. The Morgan fingerprint density at radius 1 is 1.61 bits per heavy atom. The van der Waals surface area contributed by atoms with Gasteiger partial charge in [-0.1, -0.05) is 12.8 Å². The average molecular weight is 268 g/mol. The Morgan fingerprint density at radius 2 is 2.33 bits per heavy atom. The Morgan fingerprint density at radius 3 is 3.00 bits per heavy atom. The van der Waals surface area contributed by atoms with E-state index in [1.807, 2.05) is 0 Å². The molecule has 0 amide bonds. The maximum absolute atomic E-state index is 11.5. The number of carbonyl (C=O) groups excluding carboxylic acids is 1. The van der Waals surface area contributed by atoms with E-state index in [1.54, 1.807) is 12.3 Å². The molecule has 1 aliphatic carbocycles. The van der Waals surface area contributed by atoms with Crippen molar-refractivity contribution in [3.63, 3.8) is 0 Å². The smallest absolute Gasteiger partial charge is 0.357 e. The van der Waals surface area contributed by atoms with E-state index in [0.717, 1.165) is 11.0 Å². The van der Waals surface area contributed by atoms with Gasteiger partial charge in [-0.05, 0) is 32.6 Å². The second-order valence-electron chi connectivity index (χ2n) is 4.74. The van der Waals surface area contributed by atoms with Crippen molar-refractivity contribution in [1.82, 2.24) is 4.98 Å². The fourth-order valence-corrected chi connectivity index (χ4v) is 3.19. The summed E-state index contributed by atoms with van der Waals surface area (Å²) in [4.78, 5) is 15.8. The van der Waals surface area contributed by atoms with Crippen molar-refractivity contribution in [3.05, 3.63) is 11.1 Å². The number of rotatable bonds is 5. The van der Waals surface area contributed by atoms with E-state index in [4.69, 9.17) is 4.74 Å². The number of ether oxygens (including phenoxy) is 1. The topological polar surface area (TPSA) is 51.2 Å². The van der Waals surface area contributed by atoms with Gasteiger partial charge >= 0.3 is 5.97 Å². The summed E-state index contributed by atoms with van der Waals surface area (Å²) in [5, 5.41) is 5.97. The highest BCUT2D eigenvalue weighted by molar-refractivity contribution is 7.13. The Hall–Kier alpha value is -1.10. The number of nitrogens with one attached hydrogen (secondary N) is 1. The molecule has 0 saturated heterocycles. The summed E-state index contributed by atoms with van der Waals surface area (Å²) in [5.41, 5.74) is 0.406. The molecule has 1 aliphatic rings. The molecule has 0 bridgehead atoms. The van der Waals surface area contributed by atoms with Crippen LogP contribution >= 0.6 is 11.3 Å². The first-order valence-electron chi connectivity index (χ1n) is 6.60. The van der Waals surface area contributed by atoms with Gasteiger partial charge in [-0.25, -0.2) is 9.78 Å². The lowest BCUT2D eigenvalue weighted by Gasteiger charge is -2.19. The molecule has 100 valence electrons. The molecule has 4 nitrogen and oxygen atoms in total. The predicted octanol–water partition coefficient (Wildman–Crippen LogP) is 3.31. The molecular weight excluding hydrogens is 248 g/mol. The first-order chi connectivity index (χ1) is 8.70. The Balaban J connectivity index is 1.91. The molecule has 1 unspecified atom stereocenters. The van der Waals surface area contributed by atoms with E-state index in [-0.39, 0.29) is 5.97 Å². The number of nitrogens with zero attached hydrogens (tertiary/aromatic N) is 1. The fraction of sp³-hybridized carbons (Fsp3) is 0.692. The van der Waals surface area contributed by atoms with Gasteiger partial charge in [0.15, 0.2) is 10.8 Å². The minimum atomic E-state index is -0.338. The standard InChI is InChI=1S/C13H20N2O2S/c1-3-17-12(16)11-8-18-13(15-11)14-9(2)10-6-4-5-7-10/h8-10H,3-7H2,1-2H3,(H,14,15). The monoisotopic (exact) mass is 268 g/mol. The van der Waals surface area contributed by atoms with Crippen LogP contribution in [-0.2, 0) is 4.74 Å². The van der Waals surface area contributed by atoms with Crippen LogP contribution < -0.4 is 5.32 Å². The maximum Gasteiger partial charge on any atom is 0.357 e. The van der Waals surface area contributed by atoms with Gasteiger partial charge in [-0.2, -0.15) is 0 Å². The Kier molecular flexibility index (Phi) is 4.58. The minimum Gasteiger partial charge on any atom is -0.461 e. The number of aromatic nitrogens is 1. The SMILES string of the molecule is CCOC(=O)c1csc(NC(C)C2CCCC2)n1. The quantitative estimate of drug-likeness (QED) is 0.832. The van der Waals surface area contributed by atoms with Gasteiger partial charge in [0.25, 0.3) is 0 Å². The van der Waals surface area contributed by atoms with E-state index in [9.17, 15) is 4.79 Å². The van der Waals surface area contributed by atoms with Gasteiger partial charge in [0.1, 0.15) is 0 Å². The second kappa shape index (κ2) is 6.18. The number of thiazole rings is 1. The maximum atomic E-state index is 11.5. The van der Waals surface area contributed by atoms with Crippen molar-refractivity contribution in [2.24, 2.45) is 5.92 Å². The van der Waals surface area contributed by atoms with E-state index in [0.29, 0.717) is 18.3 Å². The lowest BCUT2D eigenvalue weighted by atomic mass is 10.0. The van der Waals surface area contributed by atoms with Crippen molar-refractivity contribution in [1.29, 1.82) is 0 Å². The molecule has 1 aromatic rings. The average Bonchev–Trinajstić information content (AvgIpc) is 2.99. The zero-order valence-corrected chi connectivity index (χ0v) is 11.8. The van der Waals surface area contributed by atoms with E-state index in [1.165, 1.54) is 37.0 Å². The molecule has 0 radical (unpaired) electrons. The molecule has 5 heteroatoms. The molecule has 0 aromatic carbocycles. The number of esters is 1. The normalized spacial score (nSPS) is 17.7. The summed E-state index contributed by atoms with van der Waals surface area (Å²) >= 11 is 1.47. The van der Waals surface area contributed by atoms with Gasteiger partial charge in [0.05, 0.1) is 6.61 Å². The molecule has 1 atom stereocenters. The van der Waals surface area contributed by atoms with Crippen LogP contribution in [-0.4, -0.2) is 23.6 Å². The highest BCUT2D eigenvalue weighted by atomic mass is 32.1. The highest BCUT2D eigenvalue weighted by Gasteiger charge is 2.22. The summed E-state index contributed by atoms with van der Waals surface area (Å²) in [7, 11) is 0. The van der Waals surface area contributed by atoms with Crippen molar-refractivity contribution < 1.29 is 9.53 Å². The van der Waals surface area contributed by atoms with Crippen molar-refractivity contribution in [2.75, 3.05) is 11.9 Å². The molecule has 1 N–H and O–H groups in total. The molecule has 1 heterocycles. The van der Waals surface area contributed by atoms with Crippen molar-refractivity contribution in [3.8, 4) is 0 Å². The summed E-state index contributed by atoms with van der Waals surface area (Å²) in [6.45, 7) is 4.38. The third kappa shape index (κ3) is 3.22. The lowest BCUT2D eigenvalue weighted by Crippen LogP contribution is -2.23. The first-order valence-corrected chi connectivity index (χ1v) is 7.48. The van der Waals surface area contributed by atoms with Gasteiger partial charge in [-0.15, -0.1) is 11.3 Å². The van der Waals surface area contributed by atoms with Crippen LogP contribution in [0.25, 0.3) is 0 Å². The molecule has 18 heavy (non-hydrogen) atoms. The van der Waals surface area contributed by atoms with Crippen LogP contribution in [0, 0.1) is 5.92 Å². The molecule has 2 rings (SSSR count). The summed E-state index contributed by atoms with van der Waals surface area (Å²) < 4.78 is 4.92. The van der Waals surface area contributed by atoms with E-state index < -0.39 is 0 Å². The van der Waals surface area contributed by atoms with Crippen LogP contribution in [0.3, 0.4) is 0 Å². The molecule has 1 saturated carbocycles. The van der Waals surface area contributed by atoms with Crippen LogP contribution in [0.4, 0.5) is 5.13 Å². The highest BCUT2D eigenvalue weighted by Crippen LogP contribution is 2.29. The fourth-order valence-electron chi connectivity index (χ4n) is 2.41. The summed E-state index contributed by atoms with van der Waals surface area (Å²) in [6.07, 6.45) is 5.26. The van der Waals surface area contributed by atoms with Crippen LogP contribution in [0.15, 0.2) is 5.38 Å².